The molecule has 0 saturated carbocycles. The van der Waals surface area contributed by atoms with Gasteiger partial charge in [0.15, 0.2) is 11.6 Å². The van der Waals surface area contributed by atoms with Crippen LogP contribution in [0.25, 0.3) is 11.3 Å². The average Bonchev–Trinajstić information content (AvgIpc) is 3.00. The summed E-state index contributed by atoms with van der Waals surface area (Å²) in [5.41, 5.74) is 1.74. The quantitative estimate of drug-likeness (QED) is 0.787. The number of hydrogen-bond acceptors (Lipinski definition) is 3. The predicted octanol–water partition coefficient (Wildman–Crippen LogP) is 4.17. The maximum atomic E-state index is 13.2. The van der Waals surface area contributed by atoms with E-state index in [1.54, 1.807) is 5.38 Å². The number of aromatic nitrogens is 1. The summed E-state index contributed by atoms with van der Waals surface area (Å²) in [5.74, 6) is -1.80. The van der Waals surface area contributed by atoms with Gasteiger partial charge in [-0.3, -0.25) is 0 Å². The molecule has 0 radical (unpaired) electrons. The van der Waals surface area contributed by atoms with Crippen molar-refractivity contribution in [2.45, 2.75) is 6.10 Å². The van der Waals surface area contributed by atoms with Gasteiger partial charge in [0.05, 0.1) is 5.69 Å². The Labute approximate surface area is 124 Å². The van der Waals surface area contributed by atoms with Crippen LogP contribution in [0.3, 0.4) is 0 Å². The van der Waals surface area contributed by atoms with Crippen LogP contribution in [0, 0.1) is 11.6 Å². The number of rotatable bonds is 3. The molecule has 0 bridgehead atoms. The Morgan fingerprint density at radius 1 is 1.00 bits per heavy atom. The molecule has 0 spiro atoms. The molecule has 5 heteroatoms. The Balaban J connectivity index is 1.91. The van der Waals surface area contributed by atoms with Crippen LogP contribution in [-0.4, -0.2) is 10.1 Å². The van der Waals surface area contributed by atoms with Gasteiger partial charge < -0.3 is 5.11 Å². The van der Waals surface area contributed by atoms with Gasteiger partial charge in [0, 0.05) is 10.9 Å². The fourth-order valence-corrected chi connectivity index (χ4v) is 2.82. The molecular formula is C16H11F2NOS. The zero-order valence-electron chi connectivity index (χ0n) is 10.8. The Bertz CT molecular complexity index is 758. The third kappa shape index (κ3) is 2.84. The first-order valence-corrected chi connectivity index (χ1v) is 7.17. The lowest BCUT2D eigenvalue weighted by Gasteiger charge is -2.06. The first kappa shape index (κ1) is 13.9. The minimum Gasteiger partial charge on any atom is -0.381 e. The Morgan fingerprint density at radius 3 is 2.48 bits per heavy atom. The number of aliphatic hydroxyl groups excluding tert-OH is 1. The molecule has 0 fully saturated rings. The number of hydrogen-bond donors (Lipinski definition) is 1. The molecule has 1 atom stereocenters. The lowest BCUT2D eigenvalue weighted by molar-refractivity contribution is 0.220. The highest BCUT2D eigenvalue weighted by Gasteiger charge is 2.15. The van der Waals surface area contributed by atoms with Crippen LogP contribution in [0.15, 0.2) is 53.9 Å². The molecule has 3 aromatic rings. The van der Waals surface area contributed by atoms with E-state index >= 15 is 0 Å². The normalized spacial score (nSPS) is 12.3. The molecule has 1 aromatic heterocycles. The van der Waals surface area contributed by atoms with Crippen molar-refractivity contribution in [1.29, 1.82) is 0 Å². The molecule has 0 saturated heterocycles. The van der Waals surface area contributed by atoms with E-state index in [2.05, 4.69) is 4.98 Å². The van der Waals surface area contributed by atoms with Crippen LogP contribution >= 0.6 is 11.3 Å². The van der Waals surface area contributed by atoms with E-state index in [-0.39, 0.29) is 0 Å². The maximum absolute atomic E-state index is 13.2. The van der Waals surface area contributed by atoms with Gasteiger partial charge in [0.1, 0.15) is 11.1 Å². The number of thiazole rings is 1. The third-order valence-electron chi connectivity index (χ3n) is 3.09. The molecule has 3 rings (SSSR count). The summed E-state index contributed by atoms with van der Waals surface area (Å²) in [6, 6.07) is 12.8. The van der Waals surface area contributed by atoms with E-state index in [1.165, 1.54) is 17.4 Å². The van der Waals surface area contributed by atoms with Crippen LogP contribution in [0.5, 0.6) is 0 Å². The molecule has 0 aliphatic carbocycles. The number of halogens is 2. The zero-order chi connectivity index (χ0) is 14.8. The van der Waals surface area contributed by atoms with Crippen molar-refractivity contribution in [2.75, 3.05) is 0 Å². The Morgan fingerprint density at radius 2 is 1.76 bits per heavy atom. The van der Waals surface area contributed by atoms with Crippen LogP contribution in [-0.2, 0) is 0 Å². The second-order valence-corrected chi connectivity index (χ2v) is 5.40. The molecule has 1 unspecified atom stereocenters. The molecule has 106 valence electrons. The van der Waals surface area contributed by atoms with E-state index in [4.69, 9.17) is 0 Å². The summed E-state index contributed by atoms with van der Waals surface area (Å²) in [6.45, 7) is 0. The lowest BCUT2D eigenvalue weighted by Crippen LogP contribution is -1.98. The summed E-state index contributed by atoms with van der Waals surface area (Å²) >= 11 is 1.28. The molecule has 21 heavy (non-hydrogen) atoms. The SMILES string of the molecule is OC(c1ccccc1)c1nc(-c2ccc(F)c(F)c2)cs1. The van der Waals surface area contributed by atoms with Gasteiger partial charge in [-0.1, -0.05) is 30.3 Å². The highest BCUT2D eigenvalue weighted by atomic mass is 32.1. The van der Waals surface area contributed by atoms with E-state index < -0.39 is 17.7 Å². The highest BCUT2D eigenvalue weighted by molar-refractivity contribution is 7.10. The Kier molecular flexibility index (Phi) is 3.77. The molecule has 1 heterocycles. The molecule has 2 nitrogen and oxygen atoms in total. The van der Waals surface area contributed by atoms with Gasteiger partial charge in [-0.2, -0.15) is 0 Å². The smallest absolute Gasteiger partial charge is 0.159 e. The van der Waals surface area contributed by atoms with E-state index in [0.717, 1.165) is 17.7 Å². The maximum Gasteiger partial charge on any atom is 0.159 e. The van der Waals surface area contributed by atoms with Crippen molar-refractivity contribution in [2.24, 2.45) is 0 Å². The molecule has 2 aromatic carbocycles. The number of nitrogens with zero attached hydrogens (tertiary/aromatic N) is 1. The topological polar surface area (TPSA) is 33.1 Å². The van der Waals surface area contributed by atoms with Crippen molar-refractivity contribution >= 4 is 11.3 Å². The predicted molar refractivity (Wildman–Crippen MR) is 78.0 cm³/mol. The van der Waals surface area contributed by atoms with Crippen molar-refractivity contribution < 1.29 is 13.9 Å². The van der Waals surface area contributed by atoms with E-state index in [9.17, 15) is 13.9 Å². The first-order chi connectivity index (χ1) is 10.1. The molecular weight excluding hydrogens is 292 g/mol. The zero-order valence-corrected chi connectivity index (χ0v) is 11.6. The van der Waals surface area contributed by atoms with Crippen LogP contribution in [0.2, 0.25) is 0 Å². The van der Waals surface area contributed by atoms with E-state index in [1.807, 2.05) is 30.3 Å². The van der Waals surface area contributed by atoms with E-state index in [0.29, 0.717) is 16.3 Å². The van der Waals surface area contributed by atoms with Crippen molar-refractivity contribution in [3.8, 4) is 11.3 Å². The average molecular weight is 303 g/mol. The standard InChI is InChI=1S/C16H11F2NOS/c17-12-7-6-11(8-13(12)18)14-9-21-16(19-14)15(20)10-4-2-1-3-5-10/h1-9,15,20H. The van der Waals surface area contributed by atoms with Crippen molar-refractivity contribution in [3.05, 3.63) is 76.1 Å². The first-order valence-electron chi connectivity index (χ1n) is 6.29. The van der Waals surface area contributed by atoms with Gasteiger partial charge >= 0.3 is 0 Å². The minimum atomic E-state index is -0.911. The van der Waals surface area contributed by atoms with Crippen LogP contribution in [0.1, 0.15) is 16.7 Å². The van der Waals surface area contributed by atoms with Gasteiger partial charge in [0.25, 0.3) is 0 Å². The summed E-state index contributed by atoms with van der Waals surface area (Å²) in [5, 5.41) is 12.5. The monoisotopic (exact) mass is 303 g/mol. The minimum absolute atomic E-state index is 0.483. The highest BCUT2D eigenvalue weighted by Crippen LogP contribution is 2.29. The Hall–Kier alpha value is -2.11. The van der Waals surface area contributed by atoms with Crippen LogP contribution < -0.4 is 0 Å². The van der Waals surface area contributed by atoms with Gasteiger partial charge in [-0.25, -0.2) is 13.8 Å². The molecule has 0 aliphatic heterocycles. The molecule has 1 N–H and O–H groups in total. The second kappa shape index (κ2) is 5.71. The number of benzene rings is 2. The largest absolute Gasteiger partial charge is 0.381 e. The van der Waals surface area contributed by atoms with Gasteiger partial charge in [-0.05, 0) is 23.8 Å². The van der Waals surface area contributed by atoms with Gasteiger partial charge in [-0.15, -0.1) is 11.3 Å². The van der Waals surface area contributed by atoms with Crippen molar-refractivity contribution in [1.82, 2.24) is 4.98 Å². The molecule has 0 amide bonds. The summed E-state index contributed by atoms with van der Waals surface area (Å²) in [4.78, 5) is 4.31. The van der Waals surface area contributed by atoms with Gasteiger partial charge in [0.2, 0.25) is 0 Å². The third-order valence-corrected chi connectivity index (χ3v) is 3.98. The fraction of sp³-hybridized carbons (Fsp3) is 0.0625. The molecule has 0 aliphatic rings. The summed E-state index contributed by atoms with van der Waals surface area (Å²) in [6.07, 6.45) is -0.824. The fourth-order valence-electron chi connectivity index (χ4n) is 1.98. The number of aliphatic hydroxyl groups is 1. The lowest BCUT2D eigenvalue weighted by atomic mass is 10.1. The summed E-state index contributed by atoms with van der Waals surface area (Å²) < 4.78 is 26.2. The van der Waals surface area contributed by atoms with Crippen LogP contribution in [0.4, 0.5) is 8.78 Å². The second-order valence-electron chi connectivity index (χ2n) is 4.51. The summed E-state index contributed by atoms with van der Waals surface area (Å²) in [7, 11) is 0. The van der Waals surface area contributed by atoms with Crippen molar-refractivity contribution in [3.63, 3.8) is 0 Å².